The molecule has 2 amide bonds. The monoisotopic (exact) mass is 499 g/mol. The van der Waals surface area contributed by atoms with Gasteiger partial charge in [-0.25, -0.2) is 9.48 Å². The molecule has 0 radical (unpaired) electrons. The number of nitro groups is 1. The second kappa shape index (κ2) is 11.2. The van der Waals surface area contributed by atoms with Crippen molar-refractivity contribution < 1.29 is 19.2 Å². The Morgan fingerprint density at radius 2 is 1.70 bits per heavy atom. The Hall–Kier alpha value is -4.99. The van der Waals surface area contributed by atoms with Gasteiger partial charge in [0.1, 0.15) is 0 Å². The largest absolute Gasteiger partial charge is 0.449 e. The minimum atomic E-state index is -0.464. The van der Waals surface area contributed by atoms with Gasteiger partial charge in [-0.05, 0) is 55.5 Å². The van der Waals surface area contributed by atoms with Gasteiger partial charge in [-0.3, -0.25) is 19.8 Å². The smallest absolute Gasteiger partial charge is 0.413 e. The fraction of sp³-hybridized carbons (Fsp3) is 0.148. The number of nitro benzene ring substituents is 1. The molecule has 1 N–H and O–H groups in total. The van der Waals surface area contributed by atoms with Crippen LogP contribution in [0.1, 0.15) is 12.5 Å². The summed E-state index contributed by atoms with van der Waals surface area (Å²) in [5.41, 5.74) is 3.87. The Labute approximate surface area is 213 Å². The second-order valence-corrected chi connectivity index (χ2v) is 8.12. The summed E-state index contributed by atoms with van der Waals surface area (Å²) in [5.74, 6) is -0.262. The van der Waals surface area contributed by atoms with Crippen LogP contribution in [0.5, 0.6) is 0 Å². The topological polar surface area (TPSA) is 120 Å². The minimum absolute atomic E-state index is 0.0254. The molecule has 4 rings (SSSR count). The Kier molecular flexibility index (Phi) is 7.58. The average Bonchev–Trinajstić information content (AvgIpc) is 3.33. The number of aromatic nitrogens is 2. The number of nitrogens with zero attached hydrogens (tertiary/aromatic N) is 4. The van der Waals surface area contributed by atoms with E-state index in [0.717, 1.165) is 5.69 Å². The van der Waals surface area contributed by atoms with E-state index in [1.165, 1.54) is 17.0 Å². The molecule has 0 saturated carbocycles. The lowest BCUT2D eigenvalue weighted by molar-refractivity contribution is -0.384. The quantitative estimate of drug-likeness (QED) is 0.262. The lowest BCUT2D eigenvalue weighted by atomic mass is 10.1. The van der Waals surface area contributed by atoms with Crippen molar-refractivity contribution in [1.29, 1.82) is 0 Å². The van der Waals surface area contributed by atoms with E-state index in [-0.39, 0.29) is 24.6 Å². The number of nitrogens with one attached hydrogen (secondary N) is 1. The highest BCUT2D eigenvalue weighted by Gasteiger charge is 2.17. The van der Waals surface area contributed by atoms with Crippen molar-refractivity contribution in [3.63, 3.8) is 0 Å². The van der Waals surface area contributed by atoms with Gasteiger partial charge in [0.15, 0.2) is 0 Å². The summed E-state index contributed by atoms with van der Waals surface area (Å²) >= 11 is 0. The van der Waals surface area contributed by atoms with Crippen LogP contribution >= 0.6 is 0 Å². The summed E-state index contributed by atoms with van der Waals surface area (Å²) in [6, 6.07) is 22.4. The van der Waals surface area contributed by atoms with E-state index in [9.17, 15) is 19.7 Å². The number of carbonyl (C=O) groups excluding carboxylic acids is 2. The van der Waals surface area contributed by atoms with Gasteiger partial charge in [0, 0.05) is 47.9 Å². The van der Waals surface area contributed by atoms with Gasteiger partial charge in [0.25, 0.3) is 5.69 Å². The van der Waals surface area contributed by atoms with Crippen molar-refractivity contribution >= 4 is 29.1 Å². The Bertz CT molecular complexity index is 1400. The van der Waals surface area contributed by atoms with Crippen molar-refractivity contribution in [3.8, 4) is 16.9 Å². The Morgan fingerprint density at radius 3 is 2.32 bits per heavy atom. The molecule has 0 bridgehead atoms. The number of ether oxygens (including phenoxy) is 1. The highest BCUT2D eigenvalue weighted by Crippen LogP contribution is 2.27. The van der Waals surface area contributed by atoms with Crippen molar-refractivity contribution in [3.05, 3.63) is 101 Å². The molecule has 10 nitrogen and oxygen atoms in total. The molecule has 0 aliphatic heterocycles. The van der Waals surface area contributed by atoms with Crippen molar-refractivity contribution in [2.45, 2.75) is 13.3 Å². The molecule has 10 heteroatoms. The van der Waals surface area contributed by atoms with Gasteiger partial charge in [0.2, 0.25) is 5.91 Å². The van der Waals surface area contributed by atoms with Crippen molar-refractivity contribution in [2.75, 3.05) is 23.9 Å². The standard InChI is InChI=1S/C27H25N5O5/c1-3-37-27(34)30(2)22-15-11-21(12-16-22)28-25(33)17-20-18-31(23-7-5-4-6-8-23)29-26(20)19-9-13-24(14-10-19)32(35)36/h4-16,18H,3,17H2,1-2H3,(H,28,33). The number of amides is 2. The van der Waals surface area contributed by atoms with Crippen LogP contribution in [-0.2, 0) is 16.0 Å². The van der Waals surface area contributed by atoms with Crippen LogP contribution in [-0.4, -0.2) is 40.4 Å². The van der Waals surface area contributed by atoms with Crippen molar-refractivity contribution in [1.82, 2.24) is 9.78 Å². The maximum atomic E-state index is 12.9. The summed E-state index contributed by atoms with van der Waals surface area (Å²) in [5, 5.41) is 18.6. The molecule has 1 aromatic heterocycles. The molecule has 0 fully saturated rings. The van der Waals surface area contributed by atoms with E-state index in [1.807, 2.05) is 30.3 Å². The third kappa shape index (κ3) is 5.99. The molecule has 0 unspecified atom stereocenters. The molecular weight excluding hydrogens is 474 g/mol. The number of benzene rings is 3. The zero-order chi connectivity index (χ0) is 26.4. The number of para-hydroxylation sites is 1. The van der Waals surface area contributed by atoms with E-state index in [1.54, 1.807) is 61.2 Å². The van der Waals surface area contributed by atoms with E-state index >= 15 is 0 Å². The van der Waals surface area contributed by atoms with Crippen LogP contribution in [0.2, 0.25) is 0 Å². The first-order chi connectivity index (χ1) is 17.9. The first-order valence-electron chi connectivity index (χ1n) is 11.5. The SMILES string of the molecule is CCOC(=O)N(C)c1ccc(NC(=O)Cc2cn(-c3ccccc3)nc2-c2ccc([N+](=O)[O-])cc2)cc1. The summed E-state index contributed by atoms with van der Waals surface area (Å²) < 4.78 is 6.68. The van der Waals surface area contributed by atoms with Crippen LogP contribution in [0.3, 0.4) is 0 Å². The van der Waals surface area contributed by atoms with Gasteiger partial charge in [-0.1, -0.05) is 18.2 Å². The number of non-ortho nitro benzene ring substituents is 1. The second-order valence-electron chi connectivity index (χ2n) is 8.12. The first kappa shape index (κ1) is 25.1. The van der Waals surface area contributed by atoms with Gasteiger partial charge in [-0.2, -0.15) is 5.10 Å². The number of hydrogen-bond acceptors (Lipinski definition) is 6. The number of rotatable bonds is 8. The third-order valence-corrected chi connectivity index (χ3v) is 5.59. The van der Waals surface area contributed by atoms with E-state index in [0.29, 0.717) is 28.2 Å². The summed E-state index contributed by atoms with van der Waals surface area (Å²) in [4.78, 5) is 36.8. The molecule has 0 spiro atoms. The van der Waals surface area contributed by atoms with E-state index < -0.39 is 11.0 Å². The molecule has 37 heavy (non-hydrogen) atoms. The van der Waals surface area contributed by atoms with E-state index in [2.05, 4.69) is 10.4 Å². The number of carbonyl (C=O) groups is 2. The predicted molar refractivity (Wildman–Crippen MR) is 140 cm³/mol. The lowest BCUT2D eigenvalue weighted by Crippen LogP contribution is -2.26. The molecule has 0 atom stereocenters. The molecule has 3 aromatic carbocycles. The molecule has 188 valence electrons. The number of hydrogen-bond donors (Lipinski definition) is 1. The van der Waals surface area contributed by atoms with Gasteiger partial charge in [-0.15, -0.1) is 0 Å². The van der Waals surface area contributed by atoms with Crippen LogP contribution < -0.4 is 10.2 Å². The van der Waals surface area contributed by atoms with Crippen LogP contribution in [0, 0.1) is 10.1 Å². The molecule has 0 aliphatic carbocycles. The average molecular weight is 500 g/mol. The van der Waals surface area contributed by atoms with Crippen LogP contribution in [0.25, 0.3) is 16.9 Å². The first-order valence-corrected chi connectivity index (χ1v) is 11.5. The zero-order valence-corrected chi connectivity index (χ0v) is 20.3. The summed E-state index contributed by atoms with van der Waals surface area (Å²) in [7, 11) is 1.61. The van der Waals surface area contributed by atoms with Crippen molar-refractivity contribution in [2.24, 2.45) is 0 Å². The normalized spacial score (nSPS) is 10.5. The third-order valence-electron chi connectivity index (χ3n) is 5.59. The maximum absolute atomic E-state index is 12.9. The van der Waals surface area contributed by atoms with Gasteiger partial charge < -0.3 is 10.1 Å². The zero-order valence-electron chi connectivity index (χ0n) is 20.3. The molecule has 0 saturated heterocycles. The predicted octanol–water partition coefficient (Wildman–Crippen LogP) is 5.22. The fourth-order valence-corrected chi connectivity index (χ4v) is 3.71. The Morgan fingerprint density at radius 1 is 1.03 bits per heavy atom. The highest BCUT2D eigenvalue weighted by atomic mass is 16.6. The fourth-order valence-electron chi connectivity index (χ4n) is 3.71. The number of anilines is 2. The van der Waals surface area contributed by atoms with Gasteiger partial charge >= 0.3 is 6.09 Å². The van der Waals surface area contributed by atoms with Gasteiger partial charge in [0.05, 0.1) is 29.3 Å². The van der Waals surface area contributed by atoms with E-state index in [4.69, 9.17) is 4.74 Å². The maximum Gasteiger partial charge on any atom is 0.413 e. The summed E-state index contributed by atoms with van der Waals surface area (Å²) in [6.45, 7) is 2.01. The molecule has 4 aromatic rings. The highest BCUT2D eigenvalue weighted by molar-refractivity contribution is 5.94. The van der Waals surface area contributed by atoms with Crippen LogP contribution in [0.4, 0.5) is 21.9 Å². The Balaban J connectivity index is 1.55. The minimum Gasteiger partial charge on any atom is -0.449 e. The lowest BCUT2D eigenvalue weighted by Gasteiger charge is -2.17. The molecule has 1 heterocycles. The molecule has 0 aliphatic rings. The summed E-state index contributed by atoms with van der Waals surface area (Å²) in [6.07, 6.45) is 1.35. The molecular formula is C27H25N5O5. The van der Waals surface area contributed by atoms with Crippen LogP contribution in [0.15, 0.2) is 85.1 Å².